The van der Waals surface area contributed by atoms with Gasteiger partial charge in [0.2, 0.25) is 0 Å². The molecule has 2 nitrogen and oxygen atoms in total. The quantitative estimate of drug-likeness (QED) is 0.589. The van der Waals surface area contributed by atoms with Crippen molar-refractivity contribution in [1.82, 2.24) is 0 Å². The lowest BCUT2D eigenvalue weighted by Gasteiger charge is -2.66. The number of thiophene rings is 1. The molecule has 7 unspecified atom stereocenters. The van der Waals surface area contributed by atoms with E-state index < -0.39 is 0 Å². The molecular formula is C20H20N2S2. The Balaban J connectivity index is 1.17. The van der Waals surface area contributed by atoms with Crippen molar-refractivity contribution in [2.24, 2.45) is 51.1 Å². The number of rotatable bonds is 2. The van der Waals surface area contributed by atoms with E-state index in [4.69, 9.17) is 0 Å². The van der Waals surface area contributed by atoms with Crippen LogP contribution in [-0.4, -0.2) is 0 Å². The van der Waals surface area contributed by atoms with E-state index >= 15 is 0 Å². The zero-order valence-corrected chi connectivity index (χ0v) is 15.4. The fraction of sp³-hybridized carbons (Fsp3) is 0.600. The molecule has 24 heavy (non-hydrogen) atoms. The van der Waals surface area contributed by atoms with Crippen LogP contribution >= 0.6 is 23.3 Å². The van der Waals surface area contributed by atoms with E-state index in [1.165, 1.54) is 39.0 Å². The summed E-state index contributed by atoms with van der Waals surface area (Å²) in [6.45, 7) is 2.20. The molecule has 1 aliphatic heterocycles. The molecule has 0 amide bonds. The Labute approximate surface area is 150 Å². The van der Waals surface area contributed by atoms with E-state index in [1.807, 2.05) is 11.3 Å². The summed E-state index contributed by atoms with van der Waals surface area (Å²) >= 11 is 3.46. The molecule has 1 aromatic heterocycles. The minimum absolute atomic E-state index is 0.986. The monoisotopic (exact) mass is 352 g/mol. The number of hydrogen-bond donors (Lipinski definition) is 0. The van der Waals surface area contributed by atoms with Crippen LogP contribution in [0.5, 0.6) is 0 Å². The summed E-state index contributed by atoms with van der Waals surface area (Å²) in [4.78, 5) is 4.13. The molecule has 1 aromatic rings. The highest BCUT2D eigenvalue weighted by molar-refractivity contribution is 7.98. The van der Waals surface area contributed by atoms with Gasteiger partial charge in [0.05, 0.1) is 10.6 Å². The Morgan fingerprint density at radius 3 is 2.88 bits per heavy atom. The Hall–Kier alpha value is -0.870. The van der Waals surface area contributed by atoms with Crippen LogP contribution < -0.4 is 0 Å². The summed E-state index contributed by atoms with van der Waals surface area (Å²) < 4.78 is 4.36. The van der Waals surface area contributed by atoms with Crippen LogP contribution in [0.15, 0.2) is 37.9 Å². The first-order chi connectivity index (χ1) is 11.8. The normalized spacial score (nSPS) is 45.5. The van der Waals surface area contributed by atoms with Gasteiger partial charge >= 0.3 is 0 Å². The van der Waals surface area contributed by atoms with Gasteiger partial charge in [-0.15, -0.1) is 21.0 Å². The third-order valence-electron chi connectivity index (χ3n) is 8.04. The maximum atomic E-state index is 4.52. The zero-order valence-electron chi connectivity index (χ0n) is 13.7. The van der Waals surface area contributed by atoms with Crippen LogP contribution in [0.25, 0.3) is 5.57 Å². The predicted molar refractivity (Wildman–Crippen MR) is 97.7 cm³/mol. The van der Waals surface area contributed by atoms with Crippen LogP contribution in [-0.2, 0) is 0 Å². The molecule has 0 aromatic carbocycles. The maximum absolute atomic E-state index is 4.52. The van der Waals surface area contributed by atoms with Crippen molar-refractivity contribution in [3.05, 3.63) is 33.2 Å². The average Bonchev–Trinajstić information content (AvgIpc) is 3.31. The van der Waals surface area contributed by atoms with Crippen molar-refractivity contribution < 1.29 is 0 Å². The highest BCUT2D eigenvalue weighted by atomic mass is 32.2. The van der Waals surface area contributed by atoms with E-state index in [1.54, 1.807) is 23.9 Å². The Morgan fingerprint density at radius 1 is 1.12 bits per heavy atom. The van der Waals surface area contributed by atoms with Crippen molar-refractivity contribution >= 4 is 28.9 Å². The highest BCUT2D eigenvalue weighted by Gasteiger charge is 2.77. The SMILES string of the molecule is Cc1cc2c(s1)C1=C(C=C(CC3CC4C5CC6C3C5C46)C1)N=NS2. The van der Waals surface area contributed by atoms with Crippen LogP contribution in [0.1, 0.15) is 35.4 Å². The third kappa shape index (κ3) is 1.44. The Bertz CT molecular complexity index is 855. The number of fused-ring (bicyclic) bond motifs is 2. The van der Waals surface area contributed by atoms with E-state index in [9.17, 15) is 0 Å². The van der Waals surface area contributed by atoms with Crippen molar-refractivity contribution in [2.75, 3.05) is 0 Å². The van der Waals surface area contributed by atoms with Gasteiger partial charge in [0, 0.05) is 27.3 Å². The molecule has 0 spiro atoms. The zero-order chi connectivity index (χ0) is 15.6. The standard InChI is InChI=1S/C20H20N2S2/c1-8-2-16-20(23-8)13-4-9(5-15(13)21-22-24-16)3-10-6-11-12-7-14-17(10)19(12)18(11)14/h2,5,10-12,14,17-19H,3-4,6-7H2,1H3. The molecule has 8 saturated carbocycles. The molecule has 0 saturated heterocycles. The number of aryl methyl sites for hydroxylation is 1. The van der Waals surface area contributed by atoms with Crippen molar-refractivity contribution in [1.29, 1.82) is 0 Å². The summed E-state index contributed by atoms with van der Waals surface area (Å²) in [5.41, 5.74) is 4.23. The summed E-state index contributed by atoms with van der Waals surface area (Å²) in [5, 5.41) is 4.52. The van der Waals surface area contributed by atoms with Gasteiger partial charge in [-0.2, -0.15) is 0 Å². The molecule has 9 aliphatic carbocycles. The number of allylic oxidation sites excluding steroid dienone is 3. The third-order valence-corrected chi connectivity index (χ3v) is 9.96. The first kappa shape index (κ1) is 13.3. The lowest BCUT2D eigenvalue weighted by atomic mass is 9.38. The first-order valence-corrected chi connectivity index (χ1v) is 11.0. The molecular weight excluding hydrogens is 332 g/mol. The van der Waals surface area contributed by atoms with Crippen LogP contribution in [0.2, 0.25) is 0 Å². The molecule has 4 heteroatoms. The van der Waals surface area contributed by atoms with Gasteiger partial charge in [-0.25, -0.2) is 0 Å². The van der Waals surface area contributed by atoms with Gasteiger partial charge in [-0.3, -0.25) is 0 Å². The van der Waals surface area contributed by atoms with Crippen LogP contribution in [0, 0.1) is 48.3 Å². The van der Waals surface area contributed by atoms with Crippen LogP contribution in [0.3, 0.4) is 0 Å². The van der Waals surface area contributed by atoms with E-state index in [2.05, 4.69) is 28.7 Å². The summed E-state index contributed by atoms with van der Waals surface area (Å²) in [6.07, 6.45) is 7.97. The molecule has 7 atom stereocenters. The topological polar surface area (TPSA) is 24.7 Å². The fourth-order valence-electron chi connectivity index (χ4n) is 7.50. The van der Waals surface area contributed by atoms with Gasteiger partial charge in [0.25, 0.3) is 0 Å². The smallest absolute Gasteiger partial charge is 0.0912 e. The van der Waals surface area contributed by atoms with Crippen molar-refractivity contribution in [3.8, 4) is 0 Å². The summed E-state index contributed by atoms with van der Waals surface area (Å²) in [5.74, 6) is 7.86. The molecule has 11 rings (SSSR count). The fourth-order valence-corrected chi connectivity index (χ4v) is 9.42. The Kier molecular flexibility index (Phi) is 2.37. The van der Waals surface area contributed by atoms with Gasteiger partial charge in [-0.1, -0.05) is 5.57 Å². The van der Waals surface area contributed by atoms with Crippen molar-refractivity contribution in [2.45, 2.75) is 37.5 Å². The van der Waals surface area contributed by atoms with Gasteiger partial charge in [-0.05, 0) is 86.2 Å². The van der Waals surface area contributed by atoms with Crippen molar-refractivity contribution in [3.63, 3.8) is 0 Å². The second-order valence-electron chi connectivity index (χ2n) is 8.83. The van der Waals surface area contributed by atoms with E-state index in [0.717, 1.165) is 47.6 Å². The second kappa shape index (κ2) is 4.27. The molecule has 8 fully saturated rings. The number of nitrogens with zero attached hydrogens (tertiary/aromatic N) is 2. The molecule has 10 aliphatic rings. The summed E-state index contributed by atoms with van der Waals surface area (Å²) in [6, 6.07) is 2.27. The largest absolute Gasteiger partial charge is 0.143 e. The number of hydrogen-bond acceptors (Lipinski definition) is 4. The van der Waals surface area contributed by atoms with Gasteiger partial charge in [0.1, 0.15) is 0 Å². The minimum atomic E-state index is 0.986. The molecule has 122 valence electrons. The maximum Gasteiger partial charge on any atom is 0.0912 e. The summed E-state index contributed by atoms with van der Waals surface area (Å²) in [7, 11) is 0. The van der Waals surface area contributed by atoms with Crippen LogP contribution in [0.4, 0.5) is 0 Å². The lowest BCUT2D eigenvalue weighted by molar-refractivity contribution is -0.187. The minimum Gasteiger partial charge on any atom is -0.143 e. The molecule has 6 bridgehead atoms. The lowest BCUT2D eigenvalue weighted by Crippen LogP contribution is -2.62. The highest BCUT2D eigenvalue weighted by Crippen LogP contribution is 2.82. The van der Waals surface area contributed by atoms with E-state index in [0.29, 0.717) is 0 Å². The van der Waals surface area contributed by atoms with Gasteiger partial charge in [0.15, 0.2) is 0 Å². The second-order valence-corrected chi connectivity index (χ2v) is 10.9. The molecule has 2 heterocycles. The average molecular weight is 353 g/mol. The molecule has 0 radical (unpaired) electrons. The first-order valence-electron chi connectivity index (χ1n) is 9.39. The van der Waals surface area contributed by atoms with E-state index in [-0.39, 0.29) is 0 Å². The molecule has 0 N–H and O–H groups in total. The Morgan fingerprint density at radius 2 is 2.04 bits per heavy atom. The predicted octanol–water partition coefficient (Wildman–Crippen LogP) is 6.11. The van der Waals surface area contributed by atoms with Gasteiger partial charge < -0.3 is 0 Å².